The molecule has 96 valence electrons. The molecular weight excluding hydrogens is 268 g/mol. The highest BCUT2D eigenvalue weighted by molar-refractivity contribution is 6.31. The molecule has 0 saturated carbocycles. The summed E-state index contributed by atoms with van der Waals surface area (Å²) in [4.78, 5) is 15.0. The van der Waals surface area contributed by atoms with E-state index in [1.54, 1.807) is 18.2 Å². The number of carbonyl (C=O) groups is 1. The SMILES string of the molecule is COC(=O)c1ncn(Cc2ccc(C#N)cc2Cl)n1. The van der Waals surface area contributed by atoms with Gasteiger partial charge >= 0.3 is 5.97 Å². The van der Waals surface area contributed by atoms with Gasteiger partial charge in [0.15, 0.2) is 0 Å². The summed E-state index contributed by atoms with van der Waals surface area (Å²) >= 11 is 6.05. The van der Waals surface area contributed by atoms with Crippen molar-refractivity contribution in [3.05, 3.63) is 46.5 Å². The monoisotopic (exact) mass is 276 g/mol. The zero-order chi connectivity index (χ0) is 13.8. The fraction of sp³-hybridized carbons (Fsp3) is 0.167. The number of hydrogen-bond acceptors (Lipinski definition) is 5. The molecule has 1 heterocycles. The maximum atomic E-state index is 11.2. The van der Waals surface area contributed by atoms with Crippen LogP contribution in [-0.4, -0.2) is 27.8 Å². The molecular formula is C12H9ClN4O2. The van der Waals surface area contributed by atoms with E-state index in [1.165, 1.54) is 18.1 Å². The fourth-order valence-electron chi connectivity index (χ4n) is 1.48. The molecule has 2 rings (SSSR count). The Morgan fingerprint density at radius 1 is 1.58 bits per heavy atom. The minimum atomic E-state index is -0.593. The highest BCUT2D eigenvalue weighted by Crippen LogP contribution is 2.18. The number of esters is 1. The molecule has 1 aromatic carbocycles. The van der Waals surface area contributed by atoms with Crippen molar-refractivity contribution in [1.29, 1.82) is 5.26 Å². The quantitative estimate of drug-likeness (QED) is 0.796. The predicted octanol–water partition coefficient (Wildman–Crippen LogP) is 1.64. The van der Waals surface area contributed by atoms with Crippen LogP contribution in [0.5, 0.6) is 0 Å². The van der Waals surface area contributed by atoms with E-state index >= 15 is 0 Å². The normalized spacial score (nSPS) is 9.95. The lowest BCUT2D eigenvalue weighted by Crippen LogP contribution is -2.06. The van der Waals surface area contributed by atoms with Crippen LogP contribution in [-0.2, 0) is 11.3 Å². The van der Waals surface area contributed by atoms with E-state index < -0.39 is 5.97 Å². The van der Waals surface area contributed by atoms with E-state index in [9.17, 15) is 4.79 Å². The lowest BCUT2D eigenvalue weighted by Gasteiger charge is -2.04. The summed E-state index contributed by atoms with van der Waals surface area (Å²) in [5.74, 6) is -0.600. The molecule has 0 N–H and O–H groups in total. The largest absolute Gasteiger partial charge is 0.463 e. The van der Waals surface area contributed by atoms with E-state index in [0.717, 1.165) is 5.56 Å². The van der Waals surface area contributed by atoms with Crippen molar-refractivity contribution in [2.24, 2.45) is 0 Å². The first kappa shape index (κ1) is 13.1. The van der Waals surface area contributed by atoms with Gasteiger partial charge in [-0.3, -0.25) is 0 Å². The van der Waals surface area contributed by atoms with Crippen LogP contribution in [0.15, 0.2) is 24.5 Å². The van der Waals surface area contributed by atoms with Gasteiger partial charge in [0.2, 0.25) is 0 Å². The van der Waals surface area contributed by atoms with Gasteiger partial charge in [0.1, 0.15) is 6.33 Å². The summed E-state index contributed by atoms with van der Waals surface area (Å²) in [7, 11) is 1.26. The second kappa shape index (κ2) is 5.50. The molecule has 0 radical (unpaired) electrons. The van der Waals surface area contributed by atoms with E-state index in [1.807, 2.05) is 6.07 Å². The first-order valence-corrected chi connectivity index (χ1v) is 5.68. The molecule has 0 atom stereocenters. The van der Waals surface area contributed by atoms with Crippen molar-refractivity contribution in [1.82, 2.24) is 14.8 Å². The third kappa shape index (κ3) is 2.89. The zero-order valence-electron chi connectivity index (χ0n) is 10.00. The molecule has 1 aromatic heterocycles. The Balaban J connectivity index is 2.20. The summed E-state index contributed by atoms with van der Waals surface area (Å²) in [6.45, 7) is 0.356. The van der Waals surface area contributed by atoms with E-state index in [2.05, 4.69) is 14.8 Å². The lowest BCUT2D eigenvalue weighted by molar-refractivity contribution is 0.0586. The molecule has 0 spiro atoms. The molecule has 0 unspecified atom stereocenters. The Labute approximate surface area is 114 Å². The van der Waals surface area contributed by atoms with Gasteiger partial charge in [-0.2, -0.15) is 5.26 Å². The van der Waals surface area contributed by atoms with Crippen LogP contribution in [0.4, 0.5) is 0 Å². The summed E-state index contributed by atoms with van der Waals surface area (Å²) in [5.41, 5.74) is 1.27. The van der Waals surface area contributed by atoms with Crippen molar-refractivity contribution in [3.63, 3.8) is 0 Å². The summed E-state index contributed by atoms with van der Waals surface area (Å²) < 4.78 is 5.99. The number of nitriles is 1. The minimum absolute atomic E-state index is 0.00716. The molecule has 0 bridgehead atoms. The molecule has 6 nitrogen and oxygen atoms in total. The molecule has 0 aliphatic rings. The number of hydrogen-bond donors (Lipinski definition) is 0. The highest BCUT2D eigenvalue weighted by Gasteiger charge is 2.12. The maximum Gasteiger partial charge on any atom is 0.377 e. The molecule has 0 fully saturated rings. The Hall–Kier alpha value is -2.39. The lowest BCUT2D eigenvalue weighted by atomic mass is 10.1. The van der Waals surface area contributed by atoms with Crippen LogP contribution in [0.2, 0.25) is 5.02 Å². The van der Waals surface area contributed by atoms with E-state index in [-0.39, 0.29) is 5.82 Å². The van der Waals surface area contributed by atoms with Gasteiger partial charge in [0.25, 0.3) is 5.82 Å². The van der Waals surface area contributed by atoms with Crippen molar-refractivity contribution in [2.45, 2.75) is 6.54 Å². The smallest absolute Gasteiger partial charge is 0.377 e. The molecule has 0 saturated heterocycles. The second-order valence-electron chi connectivity index (χ2n) is 3.68. The van der Waals surface area contributed by atoms with Crippen molar-refractivity contribution >= 4 is 17.6 Å². The topological polar surface area (TPSA) is 80.8 Å². The number of halogens is 1. The van der Waals surface area contributed by atoms with Crippen LogP contribution in [0.1, 0.15) is 21.7 Å². The Morgan fingerprint density at radius 3 is 3.00 bits per heavy atom. The van der Waals surface area contributed by atoms with Gasteiger partial charge in [-0.25, -0.2) is 14.5 Å². The van der Waals surface area contributed by atoms with Crippen molar-refractivity contribution < 1.29 is 9.53 Å². The number of aromatic nitrogens is 3. The average molecular weight is 277 g/mol. The van der Waals surface area contributed by atoms with Crippen LogP contribution in [0, 0.1) is 11.3 Å². The van der Waals surface area contributed by atoms with Crippen molar-refractivity contribution in [2.75, 3.05) is 7.11 Å². The number of methoxy groups -OCH3 is 1. The second-order valence-corrected chi connectivity index (χ2v) is 4.08. The van der Waals surface area contributed by atoms with Gasteiger partial charge in [-0.1, -0.05) is 17.7 Å². The van der Waals surface area contributed by atoms with Crippen LogP contribution >= 0.6 is 11.6 Å². The van der Waals surface area contributed by atoms with Gasteiger partial charge in [0.05, 0.1) is 25.3 Å². The van der Waals surface area contributed by atoms with Gasteiger partial charge in [-0.05, 0) is 17.7 Å². The third-order valence-corrected chi connectivity index (χ3v) is 2.77. The van der Waals surface area contributed by atoms with Gasteiger partial charge < -0.3 is 4.74 Å². The molecule has 19 heavy (non-hydrogen) atoms. The zero-order valence-corrected chi connectivity index (χ0v) is 10.8. The summed E-state index contributed by atoms with van der Waals surface area (Å²) in [6.07, 6.45) is 1.42. The minimum Gasteiger partial charge on any atom is -0.463 e. The standard InChI is InChI=1S/C12H9ClN4O2/c1-19-12(18)11-15-7-17(16-11)6-9-3-2-8(5-14)4-10(9)13/h2-4,7H,6H2,1H3. The predicted molar refractivity (Wildman–Crippen MR) is 66.6 cm³/mol. The Bertz CT molecular complexity index is 660. The Kier molecular flexibility index (Phi) is 3.78. The van der Waals surface area contributed by atoms with Gasteiger partial charge in [-0.15, -0.1) is 5.10 Å². The number of rotatable bonds is 3. The van der Waals surface area contributed by atoms with E-state index in [4.69, 9.17) is 16.9 Å². The van der Waals surface area contributed by atoms with Crippen LogP contribution in [0.25, 0.3) is 0 Å². The number of ether oxygens (including phenoxy) is 1. The van der Waals surface area contributed by atoms with Crippen LogP contribution < -0.4 is 0 Å². The molecule has 0 aliphatic heterocycles. The average Bonchev–Trinajstić information content (AvgIpc) is 2.88. The number of nitrogens with zero attached hydrogens (tertiary/aromatic N) is 4. The molecule has 2 aromatic rings. The van der Waals surface area contributed by atoms with E-state index in [0.29, 0.717) is 17.1 Å². The molecule has 0 aliphatic carbocycles. The summed E-state index contributed by atoms with van der Waals surface area (Å²) in [6, 6.07) is 6.99. The summed E-state index contributed by atoms with van der Waals surface area (Å²) in [5, 5.41) is 13.2. The first-order valence-electron chi connectivity index (χ1n) is 5.30. The first-order chi connectivity index (χ1) is 9.13. The fourth-order valence-corrected chi connectivity index (χ4v) is 1.72. The molecule has 7 heteroatoms. The van der Waals surface area contributed by atoms with Gasteiger partial charge in [0, 0.05) is 5.02 Å². The number of benzene rings is 1. The highest BCUT2D eigenvalue weighted by atomic mass is 35.5. The number of carbonyl (C=O) groups excluding carboxylic acids is 1. The van der Waals surface area contributed by atoms with Crippen molar-refractivity contribution in [3.8, 4) is 6.07 Å². The molecule has 0 amide bonds. The third-order valence-electron chi connectivity index (χ3n) is 2.42. The maximum absolute atomic E-state index is 11.2. The Morgan fingerprint density at radius 2 is 2.37 bits per heavy atom. The van der Waals surface area contributed by atoms with Crippen LogP contribution in [0.3, 0.4) is 0 Å².